The normalized spacial score (nSPS) is 22.4. The summed E-state index contributed by atoms with van der Waals surface area (Å²) in [5, 5.41) is 12.2. The lowest BCUT2D eigenvalue weighted by Gasteiger charge is -2.31. The van der Waals surface area contributed by atoms with E-state index in [2.05, 4.69) is 5.32 Å². The summed E-state index contributed by atoms with van der Waals surface area (Å²) < 4.78 is 5.27. The highest BCUT2D eigenvalue weighted by Gasteiger charge is 2.27. The zero-order chi connectivity index (χ0) is 13.7. The van der Waals surface area contributed by atoms with E-state index in [4.69, 9.17) is 9.84 Å². The van der Waals surface area contributed by atoms with Gasteiger partial charge >= 0.3 is 5.97 Å². The van der Waals surface area contributed by atoms with E-state index >= 15 is 0 Å². The molecule has 2 heterocycles. The number of likely N-dealkylation sites (tertiary alicyclic amines) is 1. The Hall–Kier alpha value is -1.14. The van der Waals surface area contributed by atoms with Crippen molar-refractivity contribution in [1.82, 2.24) is 10.2 Å². The van der Waals surface area contributed by atoms with Crippen molar-refractivity contribution < 1.29 is 19.4 Å². The number of carboxylic acids is 1. The molecule has 0 aromatic heterocycles. The molecule has 19 heavy (non-hydrogen) atoms. The van der Waals surface area contributed by atoms with Gasteiger partial charge in [0.1, 0.15) is 0 Å². The van der Waals surface area contributed by atoms with E-state index in [1.165, 1.54) is 0 Å². The molecule has 0 aromatic rings. The first kappa shape index (κ1) is 14.3. The van der Waals surface area contributed by atoms with Gasteiger partial charge in [-0.05, 0) is 25.7 Å². The third kappa shape index (κ3) is 4.18. The lowest BCUT2D eigenvalue weighted by molar-refractivity contribution is -0.145. The maximum atomic E-state index is 12.0. The van der Waals surface area contributed by atoms with E-state index in [1.54, 1.807) is 4.90 Å². The highest BCUT2D eigenvalue weighted by molar-refractivity contribution is 5.79. The van der Waals surface area contributed by atoms with Gasteiger partial charge in [0.05, 0.1) is 12.5 Å². The maximum Gasteiger partial charge on any atom is 0.306 e. The molecule has 2 rings (SSSR count). The average Bonchev–Trinajstić information content (AvgIpc) is 2.46. The van der Waals surface area contributed by atoms with E-state index in [-0.39, 0.29) is 11.8 Å². The molecule has 2 N–H and O–H groups in total. The second kappa shape index (κ2) is 6.86. The molecule has 0 aliphatic carbocycles. The fourth-order valence-electron chi connectivity index (χ4n) is 2.62. The molecule has 0 aromatic carbocycles. The first-order valence-electron chi connectivity index (χ1n) is 6.98. The monoisotopic (exact) mass is 270 g/mol. The SMILES string of the molecule is O=C(O)C1CCN(C(=O)CNC2CCOCC2)CC1. The van der Waals surface area contributed by atoms with Crippen molar-refractivity contribution in [2.45, 2.75) is 31.7 Å². The van der Waals surface area contributed by atoms with Gasteiger partial charge in [-0.1, -0.05) is 0 Å². The Morgan fingerprint density at radius 1 is 1.16 bits per heavy atom. The summed E-state index contributed by atoms with van der Waals surface area (Å²) in [6.07, 6.45) is 3.04. The predicted molar refractivity (Wildman–Crippen MR) is 68.8 cm³/mol. The van der Waals surface area contributed by atoms with Gasteiger partial charge in [0.25, 0.3) is 0 Å². The molecule has 0 atom stereocenters. The third-order valence-electron chi connectivity index (χ3n) is 3.96. The minimum Gasteiger partial charge on any atom is -0.481 e. The lowest BCUT2D eigenvalue weighted by atomic mass is 9.97. The molecule has 0 radical (unpaired) electrons. The number of carboxylic acid groups (broad SMARTS) is 1. The minimum atomic E-state index is -0.743. The van der Waals surface area contributed by atoms with Crippen molar-refractivity contribution >= 4 is 11.9 Å². The number of piperidine rings is 1. The number of rotatable bonds is 4. The standard InChI is InChI=1S/C13H22N2O4/c16-12(9-14-11-3-7-19-8-4-11)15-5-1-10(2-6-15)13(17)18/h10-11,14H,1-9H2,(H,17,18). The molecule has 6 heteroatoms. The summed E-state index contributed by atoms with van der Waals surface area (Å²) in [7, 11) is 0. The summed E-state index contributed by atoms with van der Waals surface area (Å²) in [6, 6.07) is 0.370. The van der Waals surface area contributed by atoms with Gasteiger partial charge in [-0.25, -0.2) is 0 Å². The predicted octanol–water partition coefficient (Wildman–Crippen LogP) is 0.0782. The van der Waals surface area contributed by atoms with Crippen LogP contribution in [0.4, 0.5) is 0 Å². The number of nitrogens with zero attached hydrogens (tertiary/aromatic N) is 1. The van der Waals surface area contributed by atoms with E-state index in [0.717, 1.165) is 26.1 Å². The Kier molecular flexibility index (Phi) is 5.15. The van der Waals surface area contributed by atoms with Crippen LogP contribution < -0.4 is 5.32 Å². The van der Waals surface area contributed by atoms with Crippen LogP contribution in [0, 0.1) is 5.92 Å². The molecule has 0 bridgehead atoms. The first-order valence-corrected chi connectivity index (χ1v) is 6.98. The Morgan fingerprint density at radius 3 is 2.37 bits per heavy atom. The average molecular weight is 270 g/mol. The number of hydrogen-bond acceptors (Lipinski definition) is 4. The van der Waals surface area contributed by atoms with Crippen LogP contribution in [0.15, 0.2) is 0 Å². The van der Waals surface area contributed by atoms with Crippen molar-refractivity contribution in [3.63, 3.8) is 0 Å². The highest BCUT2D eigenvalue weighted by Crippen LogP contribution is 2.17. The fraction of sp³-hybridized carbons (Fsp3) is 0.846. The van der Waals surface area contributed by atoms with Crippen molar-refractivity contribution in [1.29, 1.82) is 0 Å². The number of hydrogen-bond donors (Lipinski definition) is 2. The fourth-order valence-corrected chi connectivity index (χ4v) is 2.62. The van der Waals surface area contributed by atoms with Crippen LogP contribution in [0.2, 0.25) is 0 Å². The largest absolute Gasteiger partial charge is 0.481 e. The van der Waals surface area contributed by atoms with E-state index in [0.29, 0.717) is 38.5 Å². The Balaban J connectivity index is 1.67. The van der Waals surface area contributed by atoms with Crippen LogP contribution in [-0.4, -0.2) is 60.8 Å². The molecule has 2 aliphatic heterocycles. The molecule has 2 fully saturated rings. The summed E-state index contributed by atoms with van der Waals surface area (Å²) in [4.78, 5) is 24.6. The van der Waals surface area contributed by atoms with Crippen LogP contribution in [0.3, 0.4) is 0 Å². The first-order chi connectivity index (χ1) is 9.16. The third-order valence-corrected chi connectivity index (χ3v) is 3.96. The number of ether oxygens (including phenoxy) is 1. The Labute approximate surface area is 113 Å². The van der Waals surface area contributed by atoms with Crippen LogP contribution in [-0.2, 0) is 14.3 Å². The Bertz CT molecular complexity index is 321. The molecule has 0 saturated carbocycles. The van der Waals surface area contributed by atoms with Crippen LogP contribution in [0.5, 0.6) is 0 Å². The summed E-state index contributed by atoms with van der Waals surface area (Å²) >= 11 is 0. The van der Waals surface area contributed by atoms with E-state index in [1.807, 2.05) is 0 Å². The number of aliphatic carboxylic acids is 1. The number of carbonyl (C=O) groups is 2. The summed E-state index contributed by atoms with van der Waals surface area (Å²) in [5.41, 5.74) is 0. The molecule has 1 amide bonds. The smallest absolute Gasteiger partial charge is 0.306 e. The number of amides is 1. The zero-order valence-electron chi connectivity index (χ0n) is 11.1. The highest BCUT2D eigenvalue weighted by atomic mass is 16.5. The van der Waals surface area contributed by atoms with E-state index < -0.39 is 5.97 Å². The molecule has 108 valence electrons. The van der Waals surface area contributed by atoms with Gasteiger partial charge in [0.2, 0.25) is 5.91 Å². The molecule has 6 nitrogen and oxygen atoms in total. The molecular weight excluding hydrogens is 248 g/mol. The second-order valence-corrected chi connectivity index (χ2v) is 5.26. The van der Waals surface area contributed by atoms with Crippen molar-refractivity contribution in [3.8, 4) is 0 Å². The summed E-state index contributed by atoms with van der Waals surface area (Å²) in [6.45, 7) is 2.99. The van der Waals surface area contributed by atoms with Gasteiger partial charge in [-0.2, -0.15) is 0 Å². The Morgan fingerprint density at radius 2 is 1.79 bits per heavy atom. The zero-order valence-corrected chi connectivity index (χ0v) is 11.1. The van der Waals surface area contributed by atoms with Crippen LogP contribution in [0.1, 0.15) is 25.7 Å². The van der Waals surface area contributed by atoms with Crippen molar-refractivity contribution in [2.24, 2.45) is 5.92 Å². The van der Waals surface area contributed by atoms with Crippen LogP contribution >= 0.6 is 0 Å². The molecule has 0 unspecified atom stereocenters. The number of carbonyl (C=O) groups excluding carboxylic acids is 1. The lowest BCUT2D eigenvalue weighted by Crippen LogP contribution is -2.46. The van der Waals surface area contributed by atoms with Gasteiger partial charge in [-0.15, -0.1) is 0 Å². The maximum absolute atomic E-state index is 12.0. The van der Waals surface area contributed by atoms with Gasteiger partial charge in [-0.3, -0.25) is 9.59 Å². The van der Waals surface area contributed by atoms with Crippen LogP contribution in [0.25, 0.3) is 0 Å². The van der Waals surface area contributed by atoms with Gasteiger partial charge < -0.3 is 20.1 Å². The van der Waals surface area contributed by atoms with Crippen molar-refractivity contribution in [2.75, 3.05) is 32.8 Å². The van der Waals surface area contributed by atoms with E-state index in [9.17, 15) is 9.59 Å². The number of nitrogens with one attached hydrogen (secondary N) is 1. The molecule has 0 spiro atoms. The van der Waals surface area contributed by atoms with Crippen molar-refractivity contribution in [3.05, 3.63) is 0 Å². The molecular formula is C13H22N2O4. The second-order valence-electron chi connectivity index (χ2n) is 5.26. The van der Waals surface area contributed by atoms with Gasteiger partial charge in [0.15, 0.2) is 0 Å². The van der Waals surface area contributed by atoms with Gasteiger partial charge in [0, 0.05) is 32.3 Å². The quantitative estimate of drug-likeness (QED) is 0.756. The molecule has 2 aliphatic rings. The minimum absolute atomic E-state index is 0.0790. The summed E-state index contributed by atoms with van der Waals surface area (Å²) in [5.74, 6) is -0.949. The topological polar surface area (TPSA) is 78.9 Å². The molecule has 2 saturated heterocycles.